The number of aryl methyl sites for hydroxylation is 1. The Morgan fingerprint density at radius 3 is 2.65 bits per heavy atom. The van der Waals surface area contributed by atoms with Crippen LogP contribution >= 0.6 is 11.6 Å². The monoisotopic (exact) mass is 569 g/mol. The van der Waals surface area contributed by atoms with Crippen molar-refractivity contribution < 1.29 is 18.3 Å². The molecule has 2 aromatic carbocycles. The molecule has 1 aliphatic rings. The maximum absolute atomic E-state index is 15.1. The zero-order chi connectivity index (χ0) is 28.4. The molecule has 1 fully saturated rings. The third-order valence-electron chi connectivity index (χ3n) is 7.11. The number of amides is 2. The SMILES string of the molecule is COCCN1C[C@@H](NC(=O)Nc2c(C)c(-c3cnn(C)c3)nn2-c2cccc(Cl)c2F)[C@H](c2ccc(F)cc2)C1. The molecule has 0 aliphatic carbocycles. The highest BCUT2D eigenvalue weighted by Crippen LogP contribution is 2.33. The van der Waals surface area contributed by atoms with Crippen LogP contribution in [0.5, 0.6) is 0 Å². The predicted octanol–water partition coefficient (Wildman–Crippen LogP) is 4.75. The number of halogens is 3. The van der Waals surface area contributed by atoms with E-state index < -0.39 is 11.8 Å². The molecular weight excluding hydrogens is 540 g/mol. The maximum atomic E-state index is 15.1. The van der Waals surface area contributed by atoms with E-state index in [1.54, 1.807) is 62.4 Å². The lowest BCUT2D eigenvalue weighted by Gasteiger charge is -2.21. The first-order chi connectivity index (χ1) is 19.2. The molecule has 4 aromatic rings. The van der Waals surface area contributed by atoms with Crippen molar-refractivity contribution in [2.75, 3.05) is 38.7 Å². The summed E-state index contributed by atoms with van der Waals surface area (Å²) in [5.74, 6) is -0.744. The molecule has 210 valence electrons. The Labute approximate surface area is 235 Å². The van der Waals surface area contributed by atoms with E-state index >= 15 is 4.39 Å². The molecule has 0 unspecified atom stereocenters. The van der Waals surface area contributed by atoms with Gasteiger partial charge in [-0.1, -0.05) is 29.8 Å². The molecule has 9 nitrogen and oxygen atoms in total. The zero-order valence-electron chi connectivity index (χ0n) is 22.4. The number of likely N-dealkylation sites (tertiary alicyclic amines) is 1. The van der Waals surface area contributed by atoms with Gasteiger partial charge < -0.3 is 10.1 Å². The molecule has 1 saturated heterocycles. The Balaban J connectivity index is 1.45. The average molecular weight is 570 g/mol. The molecule has 1 aliphatic heterocycles. The smallest absolute Gasteiger partial charge is 0.320 e. The van der Waals surface area contributed by atoms with Gasteiger partial charge in [-0.3, -0.25) is 14.9 Å². The number of carbonyl (C=O) groups is 1. The first kappa shape index (κ1) is 27.8. The van der Waals surface area contributed by atoms with Gasteiger partial charge in [-0.2, -0.15) is 10.2 Å². The highest BCUT2D eigenvalue weighted by molar-refractivity contribution is 6.30. The average Bonchev–Trinajstić information content (AvgIpc) is 3.62. The molecule has 12 heteroatoms. The lowest BCUT2D eigenvalue weighted by Crippen LogP contribution is -2.42. The Kier molecular flexibility index (Phi) is 8.15. The third-order valence-corrected chi connectivity index (χ3v) is 7.41. The Hall–Kier alpha value is -3.80. The summed E-state index contributed by atoms with van der Waals surface area (Å²) < 4.78 is 36.9. The van der Waals surface area contributed by atoms with Crippen molar-refractivity contribution in [3.63, 3.8) is 0 Å². The number of aromatic nitrogens is 4. The van der Waals surface area contributed by atoms with E-state index in [0.717, 1.165) is 5.56 Å². The van der Waals surface area contributed by atoms with Crippen molar-refractivity contribution in [1.82, 2.24) is 29.8 Å². The molecule has 2 aromatic heterocycles. The highest BCUT2D eigenvalue weighted by Gasteiger charge is 2.35. The number of benzene rings is 2. The number of nitrogens with one attached hydrogen (secondary N) is 2. The van der Waals surface area contributed by atoms with Gasteiger partial charge in [0.25, 0.3) is 0 Å². The number of nitrogens with zero attached hydrogens (tertiary/aromatic N) is 5. The van der Waals surface area contributed by atoms with Gasteiger partial charge in [-0.05, 0) is 36.8 Å². The second-order valence-electron chi connectivity index (χ2n) is 9.83. The van der Waals surface area contributed by atoms with Crippen LogP contribution in [0.15, 0.2) is 54.9 Å². The molecule has 2 atom stereocenters. The number of anilines is 1. The third kappa shape index (κ3) is 5.72. The molecule has 0 bridgehead atoms. The topological polar surface area (TPSA) is 89.2 Å². The number of carbonyl (C=O) groups excluding carboxylic acids is 1. The summed E-state index contributed by atoms with van der Waals surface area (Å²) in [4.78, 5) is 15.6. The molecule has 5 rings (SSSR count). The van der Waals surface area contributed by atoms with Crippen molar-refractivity contribution >= 4 is 23.4 Å². The zero-order valence-corrected chi connectivity index (χ0v) is 23.1. The second-order valence-corrected chi connectivity index (χ2v) is 10.2. The minimum Gasteiger partial charge on any atom is -0.383 e. The molecular formula is C28H30ClF2N7O2. The summed E-state index contributed by atoms with van der Waals surface area (Å²) in [5.41, 5.74) is 2.90. The number of ether oxygens (including phenoxy) is 1. The fraction of sp³-hybridized carbons (Fsp3) is 0.321. The summed E-state index contributed by atoms with van der Waals surface area (Å²) >= 11 is 6.07. The van der Waals surface area contributed by atoms with E-state index in [-0.39, 0.29) is 28.5 Å². The summed E-state index contributed by atoms with van der Waals surface area (Å²) in [6.07, 6.45) is 3.44. The lowest BCUT2D eigenvalue weighted by atomic mass is 9.94. The molecule has 2 amide bonds. The Morgan fingerprint density at radius 1 is 1.18 bits per heavy atom. The second kappa shape index (κ2) is 11.7. The minimum atomic E-state index is -0.659. The molecule has 3 heterocycles. The van der Waals surface area contributed by atoms with E-state index in [9.17, 15) is 9.18 Å². The number of rotatable bonds is 8. The first-order valence-corrected chi connectivity index (χ1v) is 13.2. The van der Waals surface area contributed by atoms with Crippen molar-refractivity contribution in [2.24, 2.45) is 7.05 Å². The number of hydrogen-bond donors (Lipinski definition) is 2. The van der Waals surface area contributed by atoms with E-state index in [1.165, 1.54) is 22.9 Å². The molecule has 40 heavy (non-hydrogen) atoms. The largest absolute Gasteiger partial charge is 0.383 e. The molecule has 0 spiro atoms. The quantitative estimate of drug-likeness (QED) is 0.320. The fourth-order valence-corrected chi connectivity index (χ4v) is 5.25. The highest BCUT2D eigenvalue weighted by atomic mass is 35.5. The molecule has 2 N–H and O–H groups in total. The number of urea groups is 1. The summed E-state index contributed by atoms with van der Waals surface area (Å²) in [6, 6.07) is 10.2. The number of methoxy groups -OCH3 is 1. The Bertz CT molecular complexity index is 1510. The van der Waals surface area contributed by atoms with E-state index in [4.69, 9.17) is 16.3 Å². The lowest BCUT2D eigenvalue weighted by molar-refractivity contribution is 0.159. The van der Waals surface area contributed by atoms with Gasteiger partial charge in [0.05, 0.1) is 23.9 Å². The Morgan fingerprint density at radius 2 is 1.95 bits per heavy atom. The van der Waals surface area contributed by atoms with Gasteiger partial charge in [-0.25, -0.2) is 18.3 Å². The van der Waals surface area contributed by atoms with Gasteiger partial charge in [0.1, 0.15) is 23.0 Å². The van der Waals surface area contributed by atoms with Crippen LogP contribution < -0.4 is 10.6 Å². The first-order valence-electron chi connectivity index (χ1n) is 12.8. The van der Waals surface area contributed by atoms with Crippen molar-refractivity contribution in [3.8, 4) is 16.9 Å². The summed E-state index contributed by atoms with van der Waals surface area (Å²) in [6.45, 7) is 4.31. The van der Waals surface area contributed by atoms with E-state index in [0.29, 0.717) is 48.9 Å². The van der Waals surface area contributed by atoms with Crippen LogP contribution in [0.1, 0.15) is 17.0 Å². The van der Waals surface area contributed by atoms with Crippen LogP contribution in [-0.4, -0.2) is 69.9 Å². The van der Waals surface area contributed by atoms with Crippen LogP contribution in [0.4, 0.5) is 19.4 Å². The van der Waals surface area contributed by atoms with Crippen molar-refractivity contribution in [2.45, 2.75) is 18.9 Å². The van der Waals surface area contributed by atoms with Crippen molar-refractivity contribution in [1.29, 1.82) is 0 Å². The van der Waals surface area contributed by atoms with Gasteiger partial charge in [0.15, 0.2) is 5.82 Å². The van der Waals surface area contributed by atoms with Crippen molar-refractivity contribution in [3.05, 3.63) is 82.6 Å². The van der Waals surface area contributed by atoms with Crippen LogP contribution in [0.3, 0.4) is 0 Å². The summed E-state index contributed by atoms with van der Waals surface area (Å²) in [5, 5.41) is 14.8. The van der Waals surface area contributed by atoms with Crippen LogP contribution in [0.2, 0.25) is 5.02 Å². The normalized spacial score (nSPS) is 17.4. The fourth-order valence-electron chi connectivity index (χ4n) is 5.09. The van der Waals surface area contributed by atoms with Gasteiger partial charge in [-0.15, -0.1) is 0 Å². The standard InChI is InChI=1S/C28H30ClF2N7O2/c1-17-26(19-13-32-36(2)14-19)35-38(24-6-4-5-22(29)25(24)31)27(17)34-28(39)33-23-16-37(11-12-40-3)15-21(23)18-7-9-20(30)10-8-18/h4-10,13-14,21,23H,11-12,15-16H2,1-3H3,(H2,33,34,39)/t21-,23+/m0/s1. The van der Waals surface area contributed by atoms with Gasteiger partial charge >= 0.3 is 6.03 Å². The van der Waals surface area contributed by atoms with Crippen LogP contribution in [0.25, 0.3) is 16.9 Å². The predicted molar refractivity (Wildman–Crippen MR) is 149 cm³/mol. The van der Waals surface area contributed by atoms with E-state index in [1.807, 2.05) is 0 Å². The minimum absolute atomic E-state index is 0.0618. The van der Waals surface area contributed by atoms with Gasteiger partial charge in [0, 0.05) is 57.0 Å². The van der Waals surface area contributed by atoms with Crippen LogP contribution in [-0.2, 0) is 11.8 Å². The molecule has 0 radical (unpaired) electrons. The maximum Gasteiger partial charge on any atom is 0.320 e. The van der Waals surface area contributed by atoms with Gasteiger partial charge in [0.2, 0.25) is 0 Å². The number of hydrogen-bond acceptors (Lipinski definition) is 5. The molecule has 0 saturated carbocycles. The van der Waals surface area contributed by atoms with E-state index in [2.05, 4.69) is 25.7 Å². The van der Waals surface area contributed by atoms with Crippen LogP contribution in [0, 0.1) is 18.6 Å². The summed E-state index contributed by atoms with van der Waals surface area (Å²) in [7, 11) is 3.43.